The number of hydrogen-bond donors (Lipinski definition) is 2. The molecule has 0 aliphatic carbocycles. The average molecular weight is 779 g/mol. The van der Waals surface area contributed by atoms with Crippen LogP contribution in [0.1, 0.15) is 22.8 Å². The van der Waals surface area contributed by atoms with Crippen LogP contribution in [0.15, 0.2) is 91.3 Å². The molecular formula is C34H25ClF6N6O7. The highest BCUT2D eigenvalue weighted by atomic mass is 35.5. The maximum atomic E-state index is 13.1. The minimum Gasteiger partial charge on any atom is -0.406 e. The number of alkyl halides is 6. The number of anilines is 3. The summed E-state index contributed by atoms with van der Waals surface area (Å²) >= 11 is 6.10. The molecule has 2 aliphatic heterocycles. The molecule has 54 heavy (non-hydrogen) atoms. The van der Waals surface area contributed by atoms with Gasteiger partial charge in [-0.2, -0.15) is 0 Å². The van der Waals surface area contributed by atoms with Crippen molar-refractivity contribution in [2.24, 2.45) is 0 Å². The maximum Gasteiger partial charge on any atom is 0.573 e. The first-order valence-corrected chi connectivity index (χ1v) is 15.8. The van der Waals surface area contributed by atoms with Crippen LogP contribution in [0.25, 0.3) is 0 Å². The van der Waals surface area contributed by atoms with Gasteiger partial charge in [0.15, 0.2) is 0 Å². The molecule has 282 valence electrons. The highest BCUT2D eigenvalue weighted by molar-refractivity contribution is 6.34. The van der Waals surface area contributed by atoms with E-state index in [-0.39, 0.29) is 35.1 Å². The van der Waals surface area contributed by atoms with Gasteiger partial charge < -0.3 is 25.0 Å². The van der Waals surface area contributed by atoms with E-state index in [9.17, 15) is 50.3 Å². The van der Waals surface area contributed by atoms with Crippen molar-refractivity contribution in [1.82, 2.24) is 15.2 Å². The number of ether oxygens (including phenoxy) is 2. The number of aromatic nitrogens is 1. The van der Waals surface area contributed by atoms with Crippen LogP contribution in [-0.4, -0.2) is 65.0 Å². The van der Waals surface area contributed by atoms with Gasteiger partial charge in [0.2, 0.25) is 0 Å². The Morgan fingerprint density at radius 2 is 1.41 bits per heavy atom. The van der Waals surface area contributed by atoms with Crippen molar-refractivity contribution in [1.29, 1.82) is 0 Å². The minimum atomic E-state index is -4.87. The molecule has 0 bridgehead atoms. The first-order chi connectivity index (χ1) is 25.4. The van der Waals surface area contributed by atoms with Gasteiger partial charge in [0, 0.05) is 6.20 Å². The van der Waals surface area contributed by atoms with Crippen LogP contribution >= 0.6 is 11.6 Å². The van der Waals surface area contributed by atoms with Gasteiger partial charge in [-0.25, -0.2) is 19.4 Å². The Bertz CT molecular complexity index is 2050. The van der Waals surface area contributed by atoms with Crippen LogP contribution in [0.3, 0.4) is 0 Å². The van der Waals surface area contributed by atoms with E-state index < -0.39 is 60.0 Å². The van der Waals surface area contributed by atoms with E-state index in [0.717, 1.165) is 34.1 Å². The Balaban J connectivity index is 0.000000260. The predicted molar refractivity (Wildman–Crippen MR) is 179 cm³/mol. The van der Waals surface area contributed by atoms with Crippen molar-refractivity contribution < 1.29 is 59.8 Å². The van der Waals surface area contributed by atoms with E-state index in [1.807, 2.05) is 0 Å². The molecule has 7 amide bonds. The summed E-state index contributed by atoms with van der Waals surface area (Å²) in [5.74, 6) is -2.40. The maximum absolute atomic E-state index is 13.1. The second kappa shape index (κ2) is 15.7. The number of hydrogen-bond acceptors (Lipinski definition) is 8. The second-order valence-corrected chi connectivity index (χ2v) is 11.6. The molecule has 6 rings (SSSR count). The highest BCUT2D eigenvalue weighted by Crippen LogP contribution is 2.31. The summed E-state index contributed by atoms with van der Waals surface area (Å²) in [6, 6.07) is 14.8. The van der Waals surface area contributed by atoms with Gasteiger partial charge in [0.25, 0.3) is 17.7 Å². The fourth-order valence-corrected chi connectivity index (χ4v) is 5.34. The van der Waals surface area contributed by atoms with Crippen molar-refractivity contribution in [3.63, 3.8) is 0 Å². The third-order valence-electron chi connectivity index (χ3n) is 7.60. The quantitative estimate of drug-likeness (QED) is 0.145. The van der Waals surface area contributed by atoms with E-state index >= 15 is 0 Å². The largest absolute Gasteiger partial charge is 0.573 e. The zero-order valence-electron chi connectivity index (χ0n) is 27.4. The lowest BCUT2D eigenvalue weighted by Crippen LogP contribution is -2.33. The van der Waals surface area contributed by atoms with E-state index in [2.05, 4.69) is 25.1 Å². The fourth-order valence-electron chi connectivity index (χ4n) is 5.12. The van der Waals surface area contributed by atoms with Gasteiger partial charge in [0.1, 0.15) is 17.5 Å². The first kappa shape index (κ1) is 38.9. The van der Waals surface area contributed by atoms with Gasteiger partial charge in [-0.05, 0) is 79.2 Å². The number of nitrogens with zero attached hydrogens (tertiary/aromatic N) is 4. The lowest BCUT2D eigenvalue weighted by atomic mass is 10.1. The summed E-state index contributed by atoms with van der Waals surface area (Å²) in [4.78, 5) is 68.4. The Labute approximate surface area is 306 Å². The summed E-state index contributed by atoms with van der Waals surface area (Å²) in [5, 5.41) is 5.28. The number of imide groups is 2. The van der Waals surface area contributed by atoms with Crippen molar-refractivity contribution >= 4 is 58.4 Å². The number of amides is 7. The number of benzene rings is 3. The molecule has 0 saturated carbocycles. The monoisotopic (exact) mass is 778 g/mol. The van der Waals surface area contributed by atoms with E-state index in [4.69, 9.17) is 11.6 Å². The van der Waals surface area contributed by atoms with Crippen molar-refractivity contribution in [2.45, 2.75) is 32.2 Å². The number of pyridine rings is 1. The minimum absolute atomic E-state index is 0.0435. The first-order valence-electron chi connectivity index (χ1n) is 15.4. The lowest BCUT2D eigenvalue weighted by Gasteiger charge is -2.21. The second-order valence-electron chi connectivity index (χ2n) is 11.2. The van der Waals surface area contributed by atoms with Crippen molar-refractivity contribution in [2.75, 3.05) is 21.7 Å². The van der Waals surface area contributed by atoms with E-state index in [0.29, 0.717) is 11.3 Å². The molecule has 4 aromatic rings. The fraction of sp³-hybridized carbons (Fsp3) is 0.176. The van der Waals surface area contributed by atoms with Crippen LogP contribution in [0.2, 0.25) is 5.02 Å². The van der Waals surface area contributed by atoms with Crippen LogP contribution in [0.4, 0.5) is 53.0 Å². The molecular weight excluding hydrogens is 754 g/mol. The molecule has 2 fully saturated rings. The third-order valence-corrected chi connectivity index (χ3v) is 7.93. The summed E-state index contributed by atoms with van der Waals surface area (Å²) in [6.07, 6.45) is -6.75. The average Bonchev–Trinajstić information content (AvgIpc) is 3.54. The zero-order valence-corrected chi connectivity index (χ0v) is 28.2. The van der Waals surface area contributed by atoms with Crippen LogP contribution in [-0.2, 0) is 16.1 Å². The Kier molecular flexibility index (Phi) is 11.3. The van der Waals surface area contributed by atoms with Crippen LogP contribution in [0, 0.1) is 0 Å². The van der Waals surface area contributed by atoms with Crippen molar-refractivity contribution in [3.05, 3.63) is 107 Å². The van der Waals surface area contributed by atoms with E-state index in [1.54, 1.807) is 30.3 Å². The molecule has 2 N–H and O–H groups in total. The number of carbonyl (C=O) groups excluding carboxylic acids is 5. The van der Waals surface area contributed by atoms with Gasteiger partial charge in [-0.3, -0.25) is 19.4 Å². The summed E-state index contributed by atoms with van der Waals surface area (Å²) < 4.78 is 80.5. The van der Waals surface area contributed by atoms with Crippen LogP contribution in [0.5, 0.6) is 11.5 Å². The van der Waals surface area contributed by atoms with Crippen molar-refractivity contribution in [3.8, 4) is 11.5 Å². The number of halogens is 7. The molecule has 3 heterocycles. The molecule has 0 spiro atoms. The molecule has 13 nitrogen and oxygen atoms in total. The zero-order chi connectivity index (χ0) is 39.4. The summed E-state index contributed by atoms with van der Waals surface area (Å²) in [7, 11) is 0. The molecule has 1 aromatic heterocycles. The number of nitrogens with one attached hydrogen (secondary N) is 2. The van der Waals surface area contributed by atoms with Gasteiger partial charge in [-0.1, -0.05) is 23.7 Å². The third kappa shape index (κ3) is 9.34. The standard InChI is InChI=1S/C24H18ClF3N4O4.C10H7F3N2O3/c1-14-22(34)32(16-6-8-17(9-7-16)36-24(26,27)28)23(35)31(14)13-15-10-11-29-12-20(15)30-21(33)18-4-2-3-5-19(18)25;11-10(12,13)18-7-3-1-6(2-4-7)15-8(16)5-14-9(15)17/h2-12,14H,13H2,1H3,(H,30,33);1-4H,5H2,(H,14,17). The normalized spacial score (nSPS) is 15.9. The van der Waals surface area contributed by atoms with Crippen LogP contribution < -0.4 is 29.9 Å². The number of carbonyl (C=O) groups is 5. The molecule has 3 aromatic carbocycles. The van der Waals surface area contributed by atoms with Gasteiger partial charge in [0.05, 0.1) is 46.9 Å². The molecule has 1 unspecified atom stereocenters. The molecule has 0 radical (unpaired) electrons. The number of urea groups is 2. The number of rotatable bonds is 8. The Morgan fingerprint density at radius 1 is 0.852 bits per heavy atom. The van der Waals surface area contributed by atoms with Gasteiger partial charge >= 0.3 is 24.8 Å². The molecule has 1 atom stereocenters. The molecule has 20 heteroatoms. The molecule has 2 aliphatic rings. The highest BCUT2D eigenvalue weighted by Gasteiger charge is 2.43. The van der Waals surface area contributed by atoms with E-state index in [1.165, 1.54) is 48.5 Å². The summed E-state index contributed by atoms with van der Waals surface area (Å²) in [6.45, 7) is 1.36. The predicted octanol–water partition coefficient (Wildman–Crippen LogP) is 6.88. The van der Waals surface area contributed by atoms with Gasteiger partial charge in [-0.15, -0.1) is 26.3 Å². The Hall–Kier alpha value is -6.37. The topological polar surface area (TPSA) is 150 Å². The summed E-state index contributed by atoms with van der Waals surface area (Å²) in [5.41, 5.74) is 1.36. The lowest BCUT2D eigenvalue weighted by molar-refractivity contribution is -0.275. The SMILES string of the molecule is CC1C(=O)N(c2ccc(OC(F)(F)F)cc2)C(=O)N1Cc1ccncc1NC(=O)c1ccccc1Cl.O=C1CNC(=O)N1c1ccc(OC(F)(F)F)cc1. The molecule has 2 saturated heterocycles. The Morgan fingerprint density at radius 3 is 1.93 bits per heavy atom. The smallest absolute Gasteiger partial charge is 0.406 e.